The highest BCUT2D eigenvalue weighted by atomic mass is 79.9. The highest BCUT2D eigenvalue weighted by molar-refractivity contribution is 9.10. The van der Waals surface area contributed by atoms with Gasteiger partial charge in [-0.2, -0.15) is 0 Å². The fourth-order valence-corrected chi connectivity index (χ4v) is 3.19. The maximum absolute atomic E-state index is 4.45. The molecule has 3 rings (SSSR count). The minimum Gasteiger partial charge on any atom is -0.372 e. The van der Waals surface area contributed by atoms with Gasteiger partial charge in [-0.3, -0.25) is 0 Å². The lowest BCUT2D eigenvalue weighted by Crippen LogP contribution is -2.25. The first-order chi connectivity index (χ1) is 9.22. The normalized spacial score (nSPS) is 17.4. The number of anilines is 3. The smallest absolute Gasteiger partial charge is 0.153 e. The third kappa shape index (κ3) is 1.98. The summed E-state index contributed by atoms with van der Waals surface area (Å²) in [6.07, 6.45) is 2.64. The van der Waals surface area contributed by atoms with Crippen molar-refractivity contribution < 1.29 is 0 Å². The number of nitrogens with zero attached hydrogens (tertiary/aromatic N) is 3. The monoisotopic (exact) mass is 318 g/mol. The molecule has 0 radical (unpaired) electrons. The summed E-state index contributed by atoms with van der Waals surface area (Å²) in [6.45, 7) is 2.22. The third-order valence-electron chi connectivity index (χ3n) is 3.44. The molecule has 0 saturated heterocycles. The van der Waals surface area contributed by atoms with Gasteiger partial charge in [0.05, 0.1) is 0 Å². The zero-order chi connectivity index (χ0) is 13.4. The van der Waals surface area contributed by atoms with Crippen LogP contribution < -0.4 is 10.2 Å². The number of aromatic nitrogens is 2. The second-order valence-corrected chi connectivity index (χ2v) is 5.45. The topological polar surface area (TPSA) is 41.1 Å². The van der Waals surface area contributed by atoms with Crippen molar-refractivity contribution in [1.82, 2.24) is 9.97 Å². The molecular weight excluding hydrogens is 304 g/mol. The molecule has 0 aliphatic carbocycles. The molecule has 98 valence electrons. The van der Waals surface area contributed by atoms with E-state index in [1.54, 1.807) is 6.33 Å². The van der Waals surface area contributed by atoms with Crippen LogP contribution in [0, 0.1) is 0 Å². The van der Waals surface area contributed by atoms with E-state index in [9.17, 15) is 0 Å². The molecule has 1 unspecified atom stereocenters. The predicted octanol–water partition coefficient (Wildman–Crippen LogP) is 3.36. The molecule has 1 N–H and O–H groups in total. The molecule has 0 amide bonds. The lowest BCUT2D eigenvalue weighted by atomic mass is 10.1. The third-order valence-corrected chi connectivity index (χ3v) is 4.17. The lowest BCUT2D eigenvalue weighted by Gasteiger charge is -2.25. The second kappa shape index (κ2) is 4.81. The van der Waals surface area contributed by atoms with Gasteiger partial charge in [0.15, 0.2) is 5.82 Å². The maximum Gasteiger partial charge on any atom is 0.153 e. The number of nitrogens with one attached hydrogen (secondary N) is 1. The van der Waals surface area contributed by atoms with Gasteiger partial charge < -0.3 is 10.2 Å². The fourth-order valence-electron chi connectivity index (χ4n) is 2.59. The van der Waals surface area contributed by atoms with Crippen molar-refractivity contribution in [3.8, 4) is 0 Å². The minimum atomic E-state index is 0.397. The van der Waals surface area contributed by atoms with Crippen LogP contribution in [0.1, 0.15) is 12.5 Å². The molecule has 0 fully saturated rings. The van der Waals surface area contributed by atoms with E-state index in [0.29, 0.717) is 6.04 Å². The first-order valence-corrected chi connectivity index (χ1v) is 7.07. The number of halogens is 1. The van der Waals surface area contributed by atoms with E-state index < -0.39 is 0 Å². The van der Waals surface area contributed by atoms with Gasteiger partial charge >= 0.3 is 0 Å². The van der Waals surface area contributed by atoms with Crippen molar-refractivity contribution >= 4 is 33.3 Å². The molecule has 1 aromatic carbocycles. The molecule has 2 aromatic rings. The van der Waals surface area contributed by atoms with Gasteiger partial charge in [0.2, 0.25) is 0 Å². The first-order valence-electron chi connectivity index (χ1n) is 6.27. The van der Waals surface area contributed by atoms with Gasteiger partial charge in [-0.15, -0.1) is 0 Å². The Hall–Kier alpha value is -1.62. The molecule has 1 atom stereocenters. The van der Waals surface area contributed by atoms with Crippen LogP contribution in [0.15, 0.2) is 35.1 Å². The van der Waals surface area contributed by atoms with Crippen LogP contribution in [-0.4, -0.2) is 23.1 Å². The lowest BCUT2D eigenvalue weighted by molar-refractivity contribution is 0.747. The quantitative estimate of drug-likeness (QED) is 0.921. The molecule has 0 saturated carbocycles. The second-order valence-electron chi connectivity index (χ2n) is 4.66. The number of benzene rings is 1. The summed E-state index contributed by atoms with van der Waals surface area (Å²) in [7, 11) is 1.86. The molecule has 2 heterocycles. The highest BCUT2D eigenvalue weighted by Crippen LogP contribution is 2.41. The number of fused-ring (bicyclic) bond motifs is 1. The molecule has 1 aliphatic heterocycles. The van der Waals surface area contributed by atoms with E-state index in [1.807, 2.05) is 7.05 Å². The molecular formula is C14H15BrN4. The summed E-state index contributed by atoms with van der Waals surface area (Å²) >= 11 is 3.60. The van der Waals surface area contributed by atoms with Crippen molar-refractivity contribution in [2.45, 2.75) is 19.4 Å². The van der Waals surface area contributed by atoms with Crippen LogP contribution in [-0.2, 0) is 6.42 Å². The molecule has 1 aliphatic rings. The van der Waals surface area contributed by atoms with Gasteiger partial charge in [0.25, 0.3) is 0 Å². The number of hydrogen-bond donors (Lipinski definition) is 1. The zero-order valence-corrected chi connectivity index (χ0v) is 12.5. The summed E-state index contributed by atoms with van der Waals surface area (Å²) in [6, 6.07) is 8.88. The van der Waals surface area contributed by atoms with Crippen LogP contribution >= 0.6 is 15.9 Å². The van der Waals surface area contributed by atoms with Crippen LogP contribution in [0.25, 0.3) is 0 Å². The van der Waals surface area contributed by atoms with Crippen LogP contribution in [0.3, 0.4) is 0 Å². The van der Waals surface area contributed by atoms with Crippen molar-refractivity contribution in [3.05, 3.63) is 40.6 Å². The summed E-state index contributed by atoms with van der Waals surface area (Å²) in [5, 5.41) is 3.07. The van der Waals surface area contributed by atoms with Crippen molar-refractivity contribution in [3.63, 3.8) is 0 Å². The van der Waals surface area contributed by atoms with Gasteiger partial charge in [0.1, 0.15) is 16.6 Å². The largest absolute Gasteiger partial charge is 0.372 e. The summed E-state index contributed by atoms with van der Waals surface area (Å²) in [5.41, 5.74) is 2.60. The Balaban J connectivity index is 2.12. The number of hydrogen-bond acceptors (Lipinski definition) is 4. The van der Waals surface area contributed by atoms with Gasteiger partial charge in [0, 0.05) is 18.8 Å². The molecule has 5 heteroatoms. The first kappa shape index (κ1) is 12.4. The maximum atomic E-state index is 4.45. The summed E-state index contributed by atoms with van der Waals surface area (Å²) in [5.74, 6) is 1.72. The Morgan fingerprint density at radius 2 is 2.11 bits per heavy atom. The molecule has 0 spiro atoms. The van der Waals surface area contributed by atoms with Crippen LogP contribution in [0.5, 0.6) is 0 Å². The van der Waals surface area contributed by atoms with E-state index >= 15 is 0 Å². The van der Waals surface area contributed by atoms with Crippen LogP contribution in [0.2, 0.25) is 0 Å². The zero-order valence-electron chi connectivity index (χ0n) is 10.9. The minimum absolute atomic E-state index is 0.397. The Kier molecular flexibility index (Phi) is 3.14. The number of rotatable bonds is 2. The molecule has 0 bridgehead atoms. The predicted molar refractivity (Wildman–Crippen MR) is 81.0 cm³/mol. The Bertz CT molecular complexity index is 614. The van der Waals surface area contributed by atoms with E-state index in [-0.39, 0.29) is 0 Å². The summed E-state index contributed by atoms with van der Waals surface area (Å²) < 4.78 is 0.904. The van der Waals surface area contributed by atoms with E-state index in [0.717, 1.165) is 22.5 Å². The molecule has 19 heavy (non-hydrogen) atoms. The molecule has 4 nitrogen and oxygen atoms in total. The Morgan fingerprint density at radius 1 is 1.32 bits per heavy atom. The van der Waals surface area contributed by atoms with Gasteiger partial charge in [-0.05, 0) is 40.9 Å². The van der Waals surface area contributed by atoms with Crippen molar-refractivity contribution in [2.75, 3.05) is 17.3 Å². The molecule has 1 aromatic heterocycles. The highest BCUT2D eigenvalue weighted by Gasteiger charge is 2.29. The Labute approximate surface area is 121 Å². The standard InChI is InChI=1S/C14H15BrN4/c1-9-7-10-5-3-4-6-11(10)19(9)14-12(15)13(16-2)17-8-18-14/h3-6,8-9H,7H2,1-2H3,(H,16,17,18). The van der Waals surface area contributed by atoms with E-state index in [2.05, 4.69) is 67.3 Å². The van der Waals surface area contributed by atoms with E-state index in [4.69, 9.17) is 0 Å². The van der Waals surface area contributed by atoms with Crippen molar-refractivity contribution in [2.24, 2.45) is 0 Å². The summed E-state index contributed by atoms with van der Waals surface area (Å²) in [4.78, 5) is 10.9. The van der Waals surface area contributed by atoms with Gasteiger partial charge in [-0.25, -0.2) is 9.97 Å². The van der Waals surface area contributed by atoms with Crippen LogP contribution in [0.4, 0.5) is 17.3 Å². The van der Waals surface area contributed by atoms with Crippen molar-refractivity contribution in [1.29, 1.82) is 0 Å². The number of para-hydroxylation sites is 1. The average molecular weight is 319 g/mol. The SMILES string of the molecule is CNc1ncnc(N2c3ccccc3CC2C)c1Br. The Morgan fingerprint density at radius 3 is 2.89 bits per heavy atom. The fraction of sp³-hybridized carbons (Fsp3) is 0.286. The van der Waals surface area contributed by atoms with Gasteiger partial charge in [-0.1, -0.05) is 18.2 Å². The van der Waals surface area contributed by atoms with E-state index in [1.165, 1.54) is 11.3 Å². The average Bonchev–Trinajstić information content (AvgIpc) is 2.75.